The summed E-state index contributed by atoms with van der Waals surface area (Å²) >= 11 is 0. The first-order valence-corrected chi connectivity index (χ1v) is 8.78. The zero-order chi connectivity index (χ0) is 19.2. The molecule has 1 aliphatic rings. The van der Waals surface area contributed by atoms with Gasteiger partial charge in [-0.2, -0.15) is 0 Å². The molecule has 0 unspecified atom stereocenters. The topological polar surface area (TPSA) is 54.4 Å². The number of carboxylic acid groups (broad SMARTS) is 1. The molecule has 0 aromatic carbocycles. The number of hydrogen-bond acceptors (Lipinski definition) is 2. The van der Waals surface area contributed by atoms with Crippen molar-refractivity contribution in [2.75, 3.05) is 0 Å². The summed E-state index contributed by atoms with van der Waals surface area (Å²) in [5, 5.41) is 8.68. The minimum Gasteiger partial charge on any atom is -0.478 e. The Morgan fingerprint density at radius 2 is 1.88 bits per heavy atom. The predicted molar refractivity (Wildman–Crippen MR) is 103 cm³/mol. The Hall–Kier alpha value is -2.16. The van der Waals surface area contributed by atoms with E-state index in [0.29, 0.717) is 5.57 Å². The van der Waals surface area contributed by atoms with Crippen LogP contribution in [-0.2, 0) is 9.59 Å². The summed E-state index contributed by atoms with van der Waals surface area (Å²) in [5.41, 5.74) is 3.71. The van der Waals surface area contributed by atoms with Crippen LogP contribution >= 0.6 is 0 Å². The first-order chi connectivity index (χ1) is 11.6. The smallest absolute Gasteiger partial charge is 0.328 e. The SMILES string of the molecule is CC[C@H]1CC(C)(C)C(/C=C/C(C)=C/C=C/C(C)=C/C(=O)O)=C(C)C1=O. The first-order valence-electron chi connectivity index (χ1n) is 8.78. The largest absolute Gasteiger partial charge is 0.478 e. The monoisotopic (exact) mass is 342 g/mol. The average Bonchev–Trinajstić information content (AvgIpc) is 2.49. The molecule has 1 aliphatic carbocycles. The Morgan fingerprint density at radius 3 is 2.44 bits per heavy atom. The van der Waals surface area contributed by atoms with Gasteiger partial charge >= 0.3 is 5.97 Å². The maximum atomic E-state index is 12.5. The van der Waals surface area contributed by atoms with Crippen LogP contribution in [0.2, 0.25) is 0 Å². The summed E-state index contributed by atoms with van der Waals surface area (Å²) in [5.74, 6) is -0.534. The van der Waals surface area contributed by atoms with Gasteiger partial charge in [-0.25, -0.2) is 4.79 Å². The van der Waals surface area contributed by atoms with Gasteiger partial charge in [-0.1, -0.05) is 56.7 Å². The second kappa shape index (κ2) is 8.80. The van der Waals surface area contributed by atoms with Crippen molar-refractivity contribution in [3.63, 3.8) is 0 Å². The van der Waals surface area contributed by atoms with Crippen LogP contribution in [0.1, 0.15) is 54.4 Å². The number of rotatable bonds is 6. The molecule has 3 nitrogen and oxygen atoms in total. The third kappa shape index (κ3) is 6.00. The molecule has 0 bridgehead atoms. The lowest BCUT2D eigenvalue weighted by atomic mass is 9.67. The molecular formula is C22H30O3. The predicted octanol–water partition coefficient (Wildman–Crippen LogP) is 5.42. The normalized spacial score (nSPS) is 22.3. The van der Waals surface area contributed by atoms with Crippen molar-refractivity contribution in [2.45, 2.75) is 54.4 Å². The molecule has 0 saturated carbocycles. The van der Waals surface area contributed by atoms with Gasteiger partial charge in [-0.05, 0) is 55.7 Å². The highest BCUT2D eigenvalue weighted by molar-refractivity contribution is 5.99. The molecule has 1 atom stereocenters. The summed E-state index contributed by atoms with van der Waals surface area (Å²) in [7, 11) is 0. The van der Waals surface area contributed by atoms with E-state index in [4.69, 9.17) is 5.11 Å². The second-order valence-corrected chi connectivity index (χ2v) is 7.43. The molecule has 0 fully saturated rings. The van der Waals surface area contributed by atoms with Gasteiger partial charge in [-0.15, -0.1) is 0 Å². The number of carbonyl (C=O) groups is 2. The summed E-state index contributed by atoms with van der Waals surface area (Å²) in [4.78, 5) is 23.0. The van der Waals surface area contributed by atoms with E-state index < -0.39 is 5.97 Å². The Labute approximate surface area is 151 Å². The second-order valence-electron chi connectivity index (χ2n) is 7.43. The third-order valence-electron chi connectivity index (χ3n) is 4.71. The lowest BCUT2D eigenvalue weighted by Gasteiger charge is -2.36. The van der Waals surface area contributed by atoms with Crippen molar-refractivity contribution < 1.29 is 14.7 Å². The molecule has 1 rings (SSSR count). The van der Waals surface area contributed by atoms with Crippen molar-refractivity contribution in [2.24, 2.45) is 11.3 Å². The highest BCUT2D eigenvalue weighted by atomic mass is 16.4. The summed E-state index contributed by atoms with van der Waals surface area (Å²) in [6.45, 7) is 12.1. The van der Waals surface area contributed by atoms with Crippen LogP contribution in [0.25, 0.3) is 0 Å². The van der Waals surface area contributed by atoms with Crippen LogP contribution in [0.4, 0.5) is 0 Å². The Bertz CT molecular complexity index is 682. The van der Waals surface area contributed by atoms with Crippen LogP contribution in [0.3, 0.4) is 0 Å². The highest BCUT2D eigenvalue weighted by Crippen LogP contribution is 2.43. The van der Waals surface area contributed by atoms with Gasteiger partial charge in [0.1, 0.15) is 0 Å². The van der Waals surface area contributed by atoms with E-state index in [1.807, 2.05) is 32.1 Å². The molecule has 3 heteroatoms. The van der Waals surface area contributed by atoms with E-state index >= 15 is 0 Å². The fourth-order valence-electron chi connectivity index (χ4n) is 3.31. The molecule has 0 aromatic heterocycles. The first kappa shape index (κ1) is 20.9. The molecule has 0 aromatic rings. The number of Topliss-reactive ketones (excluding diaryl/α,β-unsaturated/α-hetero) is 1. The quantitative estimate of drug-likeness (QED) is 0.518. The molecule has 0 amide bonds. The van der Waals surface area contributed by atoms with Crippen molar-refractivity contribution >= 4 is 11.8 Å². The summed E-state index contributed by atoms with van der Waals surface area (Å²) in [6.07, 6.45) is 12.5. The van der Waals surface area contributed by atoms with Crippen LogP contribution < -0.4 is 0 Å². The Balaban J connectivity index is 2.97. The summed E-state index contributed by atoms with van der Waals surface area (Å²) in [6, 6.07) is 0. The Morgan fingerprint density at radius 1 is 1.24 bits per heavy atom. The van der Waals surface area contributed by atoms with Crippen LogP contribution in [0.15, 0.2) is 58.7 Å². The minimum absolute atomic E-state index is 0.00783. The molecule has 25 heavy (non-hydrogen) atoms. The summed E-state index contributed by atoms with van der Waals surface area (Å²) < 4.78 is 0. The van der Waals surface area contributed by atoms with E-state index in [1.165, 1.54) is 6.08 Å². The molecule has 136 valence electrons. The molecule has 0 spiro atoms. The number of allylic oxidation sites excluding steroid dienone is 9. The number of hydrogen-bond donors (Lipinski definition) is 1. The Kier molecular flexibility index (Phi) is 7.35. The zero-order valence-corrected chi connectivity index (χ0v) is 16.2. The van der Waals surface area contributed by atoms with Gasteiger partial charge in [0, 0.05) is 12.0 Å². The van der Waals surface area contributed by atoms with Crippen molar-refractivity contribution in [1.29, 1.82) is 0 Å². The van der Waals surface area contributed by atoms with Crippen molar-refractivity contribution in [1.82, 2.24) is 0 Å². The van der Waals surface area contributed by atoms with Gasteiger partial charge in [0.25, 0.3) is 0 Å². The molecule has 0 heterocycles. The van der Waals surface area contributed by atoms with E-state index in [9.17, 15) is 9.59 Å². The van der Waals surface area contributed by atoms with E-state index in [1.54, 1.807) is 13.0 Å². The minimum atomic E-state index is -0.945. The van der Waals surface area contributed by atoms with E-state index in [0.717, 1.165) is 29.6 Å². The van der Waals surface area contributed by atoms with Crippen LogP contribution in [0, 0.1) is 11.3 Å². The highest BCUT2D eigenvalue weighted by Gasteiger charge is 2.36. The number of carboxylic acids is 1. The van der Waals surface area contributed by atoms with Crippen molar-refractivity contribution in [3.05, 3.63) is 58.7 Å². The lowest BCUT2D eigenvalue weighted by Crippen LogP contribution is -2.31. The fraction of sp³-hybridized carbons (Fsp3) is 0.455. The maximum absolute atomic E-state index is 12.5. The van der Waals surface area contributed by atoms with Gasteiger partial charge in [0.05, 0.1) is 0 Å². The van der Waals surface area contributed by atoms with Gasteiger partial charge < -0.3 is 5.11 Å². The molecular weight excluding hydrogens is 312 g/mol. The molecule has 0 saturated heterocycles. The number of aliphatic carboxylic acids is 1. The lowest BCUT2D eigenvalue weighted by molar-refractivity contribution is -0.131. The van der Waals surface area contributed by atoms with Gasteiger partial charge in [0.2, 0.25) is 0 Å². The standard InChI is InChI=1S/C22H30O3/c1-7-18-14-22(5,6)19(17(4)21(18)25)12-11-15(2)9-8-10-16(3)13-20(23)24/h8-13,18H,7,14H2,1-6H3,(H,23,24)/b10-8+,12-11+,15-9+,16-13+/t18-/m0/s1. The molecule has 0 aliphatic heterocycles. The average molecular weight is 342 g/mol. The van der Waals surface area contributed by atoms with Gasteiger partial charge in [0.15, 0.2) is 5.78 Å². The fourth-order valence-corrected chi connectivity index (χ4v) is 3.31. The van der Waals surface area contributed by atoms with Crippen molar-refractivity contribution in [3.8, 4) is 0 Å². The molecule has 1 N–H and O–H groups in total. The zero-order valence-electron chi connectivity index (χ0n) is 16.2. The number of carbonyl (C=O) groups excluding carboxylic acids is 1. The van der Waals surface area contributed by atoms with Gasteiger partial charge in [-0.3, -0.25) is 4.79 Å². The van der Waals surface area contributed by atoms with Crippen LogP contribution in [-0.4, -0.2) is 16.9 Å². The maximum Gasteiger partial charge on any atom is 0.328 e. The van der Waals surface area contributed by atoms with E-state index in [-0.39, 0.29) is 17.1 Å². The number of ketones is 1. The molecule has 0 radical (unpaired) electrons. The third-order valence-corrected chi connectivity index (χ3v) is 4.71. The van der Waals surface area contributed by atoms with Crippen LogP contribution in [0.5, 0.6) is 0 Å². The van der Waals surface area contributed by atoms with E-state index in [2.05, 4.69) is 26.8 Å².